The van der Waals surface area contributed by atoms with Crippen molar-refractivity contribution in [2.75, 3.05) is 20.3 Å². The topological polar surface area (TPSA) is 21.3 Å². The first-order chi connectivity index (χ1) is 9.17. The van der Waals surface area contributed by atoms with E-state index in [2.05, 4.69) is 31.3 Å². The fourth-order valence-electron chi connectivity index (χ4n) is 2.23. The zero-order valence-electron chi connectivity index (χ0n) is 12.3. The van der Waals surface area contributed by atoms with Crippen molar-refractivity contribution in [1.82, 2.24) is 5.32 Å². The Hall–Kier alpha value is -0.570. The summed E-state index contributed by atoms with van der Waals surface area (Å²) in [5, 5.41) is 4.46. The monoisotopic (exact) mass is 283 g/mol. The third-order valence-electron chi connectivity index (χ3n) is 3.47. The molecule has 0 bridgehead atoms. The van der Waals surface area contributed by atoms with E-state index in [-0.39, 0.29) is 0 Å². The predicted octanol–water partition coefficient (Wildman–Crippen LogP) is 3.92. The minimum atomic E-state index is 0.480. The van der Waals surface area contributed by atoms with Crippen molar-refractivity contribution in [3.8, 4) is 0 Å². The highest BCUT2D eigenvalue weighted by Crippen LogP contribution is 2.17. The molecule has 0 aromatic heterocycles. The maximum absolute atomic E-state index is 6.06. The van der Waals surface area contributed by atoms with Gasteiger partial charge in [-0.15, -0.1) is 0 Å². The number of benzene rings is 1. The van der Waals surface area contributed by atoms with Crippen molar-refractivity contribution in [3.05, 3.63) is 34.9 Å². The van der Waals surface area contributed by atoms with E-state index in [0.717, 1.165) is 37.4 Å². The Morgan fingerprint density at radius 3 is 2.79 bits per heavy atom. The highest BCUT2D eigenvalue weighted by molar-refractivity contribution is 6.30. The summed E-state index contributed by atoms with van der Waals surface area (Å²) in [6, 6.07) is 8.64. The van der Waals surface area contributed by atoms with Crippen LogP contribution in [0.3, 0.4) is 0 Å². The van der Waals surface area contributed by atoms with Gasteiger partial charge in [0.1, 0.15) is 0 Å². The summed E-state index contributed by atoms with van der Waals surface area (Å²) in [5.41, 5.74) is 1.30. The molecule has 3 heteroatoms. The summed E-state index contributed by atoms with van der Waals surface area (Å²) in [7, 11) is 1.76. The van der Waals surface area contributed by atoms with Crippen LogP contribution in [0.15, 0.2) is 24.3 Å². The first kappa shape index (κ1) is 16.5. The Balaban J connectivity index is 2.62. The minimum absolute atomic E-state index is 0.480. The van der Waals surface area contributed by atoms with Gasteiger partial charge in [0.15, 0.2) is 0 Å². The molecule has 1 N–H and O–H groups in total. The molecule has 0 saturated carbocycles. The Kier molecular flexibility index (Phi) is 8.11. The van der Waals surface area contributed by atoms with Crippen LogP contribution in [0.5, 0.6) is 0 Å². The van der Waals surface area contributed by atoms with Gasteiger partial charge in [0.05, 0.1) is 0 Å². The van der Waals surface area contributed by atoms with Gasteiger partial charge in [0.25, 0.3) is 0 Å². The number of hydrogen-bond donors (Lipinski definition) is 1. The third-order valence-corrected chi connectivity index (χ3v) is 3.70. The molecule has 0 aliphatic heterocycles. The number of ether oxygens (including phenoxy) is 1. The Morgan fingerprint density at radius 2 is 2.16 bits per heavy atom. The molecule has 0 heterocycles. The maximum atomic E-state index is 6.06. The van der Waals surface area contributed by atoms with Crippen LogP contribution in [-0.2, 0) is 11.2 Å². The molecule has 0 amide bonds. The number of halogens is 1. The van der Waals surface area contributed by atoms with E-state index in [4.69, 9.17) is 16.3 Å². The molecule has 2 nitrogen and oxygen atoms in total. The van der Waals surface area contributed by atoms with E-state index in [1.807, 2.05) is 12.1 Å². The summed E-state index contributed by atoms with van der Waals surface area (Å²) in [5.74, 6) is 0.588. The first-order valence-corrected chi connectivity index (χ1v) is 7.52. The number of nitrogens with one attached hydrogen (secondary N) is 1. The molecule has 2 atom stereocenters. The maximum Gasteiger partial charge on any atom is 0.0465 e. The van der Waals surface area contributed by atoms with E-state index < -0.39 is 0 Å². The van der Waals surface area contributed by atoms with Crippen LogP contribution in [0.1, 0.15) is 32.3 Å². The van der Waals surface area contributed by atoms with Gasteiger partial charge in [0.2, 0.25) is 0 Å². The van der Waals surface area contributed by atoms with Crippen molar-refractivity contribution in [1.29, 1.82) is 0 Å². The minimum Gasteiger partial charge on any atom is -0.385 e. The van der Waals surface area contributed by atoms with Crippen LogP contribution in [-0.4, -0.2) is 26.3 Å². The van der Waals surface area contributed by atoms with Crippen molar-refractivity contribution < 1.29 is 4.74 Å². The SMILES string of the molecule is CCCNC(Cc1cccc(Cl)c1)C(C)CCOC. The molecule has 0 fully saturated rings. The molecule has 1 aromatic rings. The first-order valence-electron chi connectivity index (χ1n) is 7.14. The molecule has 0 radical (unpaired) electrons. The normalized spacial score (nSPS) is 14.3. The van der Waals surface area contributed by atoms with Crippen molar-refractivity contribution in [2.24, 2.45) is 5.92 Å². The average molecular weight is 284 g/mol. The van der Waals surface area contributed by atoms with E-state index in [0.29, 0.717) is 12.0 Å². The zero-order valence-corrected chi connectivity index (χ0v) is 13.0. The second-order valence-corrected chi connectivity index (χ2v) is 5.59. The Labute approximate surface area is 122 Å². The van der Waals surface area contributed by atoms with E-state index in [1.54, 1.807) is 7.11 Å². The molecule has 1 aromatic carbocycles. The average Bonchev–Trinajstić information content (AvgIpc) is 2.40. The second-order valence-electron chi connectivity index (χ2n) is 5.15. The van der Waals surface area contributed by atoms with E-state index >= 15 is 0 Å². The fraction of sp³-hybridized carbons (Fsp3) is 0.625. The lowest BCUT2D eigenvalue weighted by molar-refractivity contribution is 0.170. The zero-order chi connectivity index (χ0) is 14.1. The third kappa shape index (κ3) is 6.42. The van der Waals surface area contributed by atoms with Crippen LogP contribution in [0.2, 0.25) is 5.02 Å². The number of rotatable bonds is 9. The summed E-state index contributed by atoms with van der Waals surface area (Å²) in [6.45, 7) is 6.36. The van der Waals surface area contributed by atoms with Crippen LogP contribution >= 0.6 is 11.6 Å². The smallest absolute Gasteiger partial charge is 0.0465 e. The van der Waals surface area contributed by atoms with E-state index in [9.17, 15) is 0 Å². The summed E-state index contributed by atoms with van der Waals surface area (Å²) in [6.07, 6.45) is 3.26. The van der Waals surface area contributed by atoms with Gasteiger partial charge in [-0.2, -0.15) is 0 Å². The van der Waals surface area contributed by atoms with E-state index in [1.165, 1.54) is 5.56 Å². The lowest BCUT2D eigenvalue weighted by Crippen LogP contribution is -2.37. The standard InChI is InChI=1S/C16H26ClNO/c1-4-9-18-16(13(2)8-10-19-3)12-14-6-5-7-15(17)11-14/h5-7,11,13,16,18H,4,8-10,12H2,1-3H3. The lowest BCUT2D eigenvalue weighted by atomic mass is 9.92. The van der Waals surface area contributed by atoms with Gasteiger partial charge >= 0.3 is 0 Å². The molecule has 1 rings (SSSR count). The summed E-state index contributed by atoms with van der Waals surface area (Å²) in [4.78, 5) is 0. The highest BCUT2D eigenvalue weighted by atomic mass is 35.5. The Morgan fingerprint density at radius 1 is 1.37 bits per heavy atom. The van der Waals surface area contributed by atoms with Gasteiger partial charge in [-0.05, 0) is 49.4 Å². The molecule has 0 aliphatic carbocycles. The second kappa shape index (κ2) is 9.35. The molecular formula is C16H26ClNO. The van der Waals surface area contributed by atoms with Gasteiger partial charge < -0.3 is 10.1 Å². The fourth-order valence-corrected chi connectivity index (χ4v) is 2.44. The molecule has 19 heavy (non-hydrogen) atoms. The molecule has 0 saturated heterocycles. The van der Waals surface area contributed by atoms with Crippen molar-refractivity contribution in [3.63, 3.8) is 0 Å². The molecule has 0 aliphatic rings. The van der Waals surface area contributed by atoms with Gasteiger partial charge in [0, 0.05) is 24.8 Å². The highest BCUT2D eigenvalue weighted by Gasteiger charge is 2.17. The number of hydrogen-bond acceptors (Lipinski definition) is 2. The molecular weight excluding hydrogens is 258 g/mol. The molecule has 0 spiro atoms. The molecule has 108 valence electrons. The Bertz CT molecular complexity index is 356. The van der Waals surface area contributed by atoms with Crippen LogP contribution < -0.4 is 5.32 Å². The molecule has 2 unspecified atom stereocenters. The van der Waals surface area contributed by atoms with Crippen molar-refractivity contribution in [2.45, 2.75) is 39.2 Å². The van der Waals surface area contributed by atoms with Gasteiger partial charge in [-0.1, -0.05) is 37.6 Å². The summed E-state index contributed by atoms with van der Waals surface area (Å²) >= 11 is 6.06. The van der Waals surface area contributed by atoms with Crippen LogP contribution in [0.4, 0.5) is 0 Å². The van der Waals surface area contributed by atoms with Crippen LogP contribution in [0.25, 0.3) is 0 Å². The van der Waals surface area contributed by atoms with Gasteiger partial charge in [-0.3, -0.25) is 0 Å². The number of methoxy groups -OCH3 is 1. The largest absolute Gasteiger partial charge is 0.385 e. The van der Waals surface area contributed by atoms with Crippen LogP contribution in [0, 0.1) is 5.92 Å². The van der Waals surface area contributed by atoms with Gasteiger partial charge in [-0.25, -0.2) is 0 Å². The lowest BCUT2D eigenvalue weighted by Gasteiger charge is -2.25. The predicted molar refractivity (Wildman–Crippen MR) is 82.9 cm³/mol. The summed E-state index contributed by atoms with van der Waals surface area (Å²) < 4.78 is 5.19. The van der Waals surface area contributed by atoms with Crippen molar-refractivity contribution >= 4 is 11.6 Å². The quantitative estimate of drug-likeness (QED) is 0.742.